The van der Waals surface area contributed by atoms with Crippen LogP contribution < -0.4 is 10.6 Å². The lowest BCUT2D eigenvalue weighted by Gasteiger charge is -2.11. The minimum Gasteiger partial charge on any atom is -0.388 e. The van der Waals surface area contributed by atoms with Crippen LogP contribution in [0, 0.1) is 6.92 Å². The fourth-order valence-electron chi connectivity index (χ4n) is 2.21. The van der Waals surface area contributed by atoms with E-state index in [0.29, 0.717) is 13.0 Å². The maximum absolute atomic E-state index is 11.7. The summed E-state index contributed by atoms with van der Waals surface area (Å²) in [4.78, 5) is 23.5. The van der Waals surface area contributed by atoms with Crippen molar-refractivity contribution in [2.24, 2.45) is 0 Å². The molecule has 0 radical (unpaired) electrons. The Bertz CT molecular complexity index is 669. The molecule has 0 aliphatic rings. The first kappa shape index (κ1) is 17.7. The number of rotatable bonds is 6. The molecule has 0 aliphatic heterocycles. The van der Waals surface area contributed by atoms with E-state index in [-0.39, 0.29) is 6.54 Å². The van der Waals surface area contributed by atoms with Crippen molar-refractivity contribution in [3.05, 3.63) is 71.3 Å². The summed E-state index contributed by atoms with van der Waals surface area (Å²) in [6.45, 7) is 2.52. The number of aliphatic hydroxyl groups is 1. The Balaban J connectivity index is 1.70. The molecule has 1 unspecified atom stereocenters. The molecule has 3 N–H and O–H groups in total. The molecular formula is C19H22N2O3. The third-order valence-corrected chi connectivity index (χ3v) is 3.67. The van der Waals surface area contributed by atoms with E-state index in [4.69, 9.17) is 0 Å². The van der Waals surface area contributed by atoms with Crippen LogP contribution in [0.3, 0.4) is 0 Å². The first-order valence-electron chi connectivity index (χ1n) is 7.91. The predicted octanol–water partition coefficient (Wildman–Crippen LogP) is 1.85. The third kappa shape index (κ3) is 5.52. The number of carbonyl (C=O) groups excluding carboxylic acids is 2. The number of aryl methyl sites for hydroxylation is 1. The van der Waals surface area contributed by atoms with E-state index in [1.54, 1.807) is 0 Å². The summed E-state index contributed by atoms with van der Waals surface area (Å²) < 4.78 is 0. The van der Waals surface area contributed by atoms with E-state index >= 15 is 0 Å². The average molecular weight is 326 g/mol. The molecule has 5 nitrogen and oxygen atoms in total. The zero-order valence-corrected chi connectivity index (χ0v) is 13.7. The largest absolute Gasteiger partial charge is 0.388 e. The molecule has 24 heavy (non-hydrogen) atoms. The predicted molar refractivity (Wildman–Crippen MR) is 92.1 cm³/mol. The van der Waals surface area contributed by atoms with Crippen molar-refractivity contribution in [2.45, 2.75) is 26.0 Å². The van der Waals surface area contributed by atoms with E-state index in [0.717, 1.165) is 16.7 Å². The van der Waals surface area contributed by atoms with E-state index in [9.17, 15) is 14.7 Å². The van der Waals surface area contributed by atoms with Gasteiger partial charge >= 0.3 is 11.8 Å². The number of nitrogens with one attached hydrogen (secondary N) is 2. The molecule has 0 aromatic heterocycles. The minimum atomic E-state index is -0.692. The standard InChI is InChI=1S/C19H22N2O3/c1-14-7-9-15(10-8-14)13-21-19(24)18(23)20-12-11-17(22)16-5-3-2-4-6-16/h2-10,17,22H,11-13H2,1H3,(H,20,23)(H,21,24). The van der Waals surface area contributed by atoms with Gasteiger partial charge in [-0.2, -0.15) is 0 Å². The van der Waals surface area contributed by atoms with Gasteiger partial charge in [0.05, 0.1) is 6.10 Å². The Labute approximate surface area is 141 Å². The molecule has 0 aliphatic carbocycles. The maximum Gasteiger partial charge on any atom is 0.309 e. The summed E-state index contributed by atoms with van der Waals surface area (Å²) in [7, 11) is 0. The second kappa shape index (κ2) is 8.84. The molecule has 0 saturated carbocycles. The molecule has 2 aromatic carbocycles. The topological polar surface area (TPSA) is 78.4 Å². The molecule has 2 rings (SSSR count). The van der Waals surface area contributed by atoms with Gasteiger partial charge in [0, 0.05) is 13.1 Å². The summed E-state index contributed by atoms with van der Waals surface area (Å²) in [5, 5.41) is 15.1. The zero-order chi connectivity index (χ0) is 17.4. The lowest BCUT2D eigenvalue weighted by molar-refractivity contribution is -0.139. The molecule has 0 heterocycles. The van der Waals surface area contributed by atoms with Crippen molar-refractivity contribution in [1.82, 2.24) is 10.6 Å². The summed E-state index contributed by atoms with van der Waals surface area (Å²) in [6.07, 6.45) is -0.316. The number of hydrogen-bond donors (Lipinski definition) is 3. The van der Waals surface area contributed by atoms with Gasteiger partial charge in [-0.3, -0.25) is 9.59 Å². The Kier molecular flexibility index (Phi) is 6.51. The number of hydrogen-bond acceptors (Lipinski definition) is 3. The van der Waals surface area contributed by atoms with E-state index in [2.05, 4.69) is 10.6 Å². The highest BCUT2D eigenvalue weighted by atomic mass is 16.3. The molecule has 0 bridgehead atoms. The van der Waals surface area contributed by atoms with Gasteiger partial charge in [0.25, 0.3) is 0 Å². The Morgan fingerprint density at radius 1 is 0.958 bits per heavy atom. The molecule has 0 saturated heterocycles. The summed E-state index contributed by atoms with van der Waals surface area (Å²) >= 11 is 0. The maximum atomic E-state index is 11.7. The van der Waals surface area contributed by atoms with Crippen molar-refractivity contribution in [1.29, 1.82) is 0 Å². The van der Waals surface area contributed by atoms with Gasteiger partial charge < -0.3 is 15.7 Å². The highest BCUT2D eigenvalue weighted by Gasteiger charge is 2.13. The van der Waals surface area contributed by atoms with Crippen LogP contribution in [0.25, 0.3) is 0 Å². The van der Waals surface area contributed by atoms with Crippen molar-refractivity contribution in [3.63, 3.8) is 0 Å². The average Bonchev–Trinajstić information content (AvgIpc) is 2.61. The first-order valence-corrected chi connectivity index (χ1v) is 7.91. The quantitative estimate of drug-likeness (QED) is 0.709. The lowest BCUT2D eigenvalue weighted by Crippen LogP contribution is -2.40. The van der Waals surface area contributed by atoms with Crippen LogP contribution in [0.1, 0.15) is 29.2 Å². The van der Waals surface area contributed by atoms with Crippen LogP contribution in [-0.2, 0) is 16.1 Å². The summed E-state index contributed by atoms with van der Waals surface area (Å²) in [5.41, 5.74) is 2.86. The van der Waals surface area contributed by atoms with Gasteiger partial charge in [0.2, 0.25) is 0 Å². The van der Waals surface area contributed by atoms with Crippen LogP contribution in [0.4, 0.5) is 0 Å². The van der Waals surface area contributed by atoms with E-state index < -0.39 is 17.9 Å². The van der Waals surface area contributed by atoms with Gasteiger partial charge in [-0.05, 0) is 24.5 Å². The highest BCUT2D eigenvalue weighted by molar-refractivity contribution is 6.35. The molecule has 0 spiro atoms. The zero-order valence-electron chi connectivity index (χ0n) is 13.7. The molecule has 0 fully saturated rings. The smallest absolute Gasteiger partial charge is 0.309 e. The summed E-state index contributed by atoms with van der Waals surface area (Å²) in [6, 6.07) is 16.9. The van der Waals surface area contributed by atoms with Crippen molar-refractivity contribution >= 4 is 11.8 Å². The van der Waals surface area contributed by atoms with Gasteiger partial charge in [0.1, 0.15) is 0 Å². The van der Waals surface area contributed by atoms with Gasteiger partial charge in [-0.15, -0.1) is 0 Å². The van der Waals surface area contributed by atoms with Crippen LogP contribution in [0.2, 0.25) is 0 Å². The molecule has 126 valence electrons. The normalized spacial score (nSPS) is 11.6. The number of aliphatic hydroxyl groups excluding tert-OH is 1. The molecule has 5 heteroatoms. The van der Waals surface area contributed by atoms with Gasteiger partial charge in [-0.1, -0.05) is 60.2 Å². The van der Waals surface area contributed by atoms with Crippen LogP contribution in [0.15, 0.2) is 54.6 Å². The first-order chi connectivity index (χ1) is 11.6. The number of amides is 2. The SMILES string of the molecule is Cc1ccc(CNC(=O)C(=O)NCCC(O)c2ccccc2)cc1. The van der Waals surface area contributed by atoms with Crippen molar-refractivity contribution in [3.8, 4) is 0 Å². The Morgan fingerprint density at radius 2 is 1.58 bits per heavy atom. The number of carbonyl (C=O) groups is 2. The monoisotopic (exact) mass is 326 g/mol. The molecule has 2 aromatic rings. The third-order valence-electron chi connectivity index (χ3n) is 3.67. The van der Waals surface area contributed by atoms with Crippen molar-refractivity contribution < 1.29 is 14.7 Å². The number of benzene rings is 2. The van der Waals surface area contributed by atoms with Gasteiger partial charge in [0.15, 0.2) is 0 Å². The second-order valence-corrected chi connectivity index (χ2v) is 5.64. The van der Waals surface area contributed by atoms with Crippen molar-refractivity contribution in [2.75, 3.05) is 6.54 Å². The lowest BCUT2D eigenvalue weighted by atomic mass is 10.1. The fraction of sp³-hybridized carbons (Fsp3) is 0.263. The van der Waals surface area contributed by atoms with Crippen LogP contribution in [-0.4, -0.2) is 23.5 Å². The molecular weight excluding hydrogens is 304 g/mol. The van der Waals surface area contributed by atoms with E-state index in [1.807, 2.05) is 61.5 Å². The fourth-order valence-corrected chi connectivity index (χ4v) is 2.21. The second-order valence-electron chi connectivity index (χ2n) is 5.64. The highest BCUT2D eigenvalue weighted by Crippen LogP contribution is 2.14. The minimum absolute atomic E-state index is 0.229. The molecule has 1 atom stereocenters. The summed E-state index contributed by atoms with van der Waals surface area (Å²) in [5.74, 6) is -1.37. The molecule has 2 amide bonds. The van der Waals surface area contributed by atoms with Gasteiger partial charge in [-0.25, -0.2) is 0 Å². The van der Waals surface area contributed by atoms with Crippen LogP contribution in [0.5, 0.6) is 0 Å². The van der Waals surface area contributed by atoms with Crippen LogP contribution >= 0.6 is 0 Å². The Hall–Kier alpha value is -2.66. The van der Waals surface area contributed by atoms with E-state index in [1.165, 1.54) is 0 Å². The Morgan fingerprint density at radius 3 is 2.25 bits per heavy atom.